The van der Waals surface area contributed by atoms with Crippen molar-refractivity contribution in [3.8, 4) is 0 Å². The molecule has 0 saturated carbocycles. The molecule has 2 aliphatic heterocycles. The minimum absolute atomic E-state index is 0.00811. The van der Waals surface area contributed by atoms with Crippen LogP contribution in [0.5, 0.6) is 0 Å². The first-order valence-electron chi connectivity index (χ1n) is 16.0. The number of aliphatic hydroxyl groups is 1. The minimum Gasteiger partial charge on any atom is -0.460 e. The van der Waals surface area contributed by atoms with Crippen LogP contribution in [-0.4, -0.2) is 86.0 Å². The summed E-state index contributed by atoms with van der Waals surface area (Å²) in [6.07, 6.45) is 0.582. The second-order valence-corrected chi connectivity index (χ2v) is 13.3. The van der Waals surface area contributed by atoms with E-state index < -0.39 is 47.7 Å². The number of aliphatic imine (C=N–C) groups is 1. The van der Waals surface area contributed by atoms with Crippen LogP contribution in [0.4, 0.5) is 29.5 Å². The van der Waals surface area contributed by atoms with Crippen LogP contribution in [0, 0.1) is 18.6 Å². The Labute approximate surface area is 277 Å². The summed E-state index contributed by atoms with van der Waals surface area (Å²) < 4.78 is 66.0. The van der Waals surface area contributed by atoms with Crippen molar-refractivity contribution in [3.05, 3.63) is 58.7 Å². The third-order valence-corrected chi connectivity index (χ3v) is 8.87. The Kier molecular flexibility index (Phi) is 10.4. The molecule has 0 aliphatic carbocycles. The van der Waals surface area contributed by atoms with E-state index in [1.54, 1.807) is 24.2 Å². The van der Waals surface area contributed by atoms with Gasteiger partial charge in [0.15, 0.2) is 0 Å². The van der Waals surface area contributed by atoms with E-state index in [2.05, 4.69) is 25.1 Å². The van der Waals surface area contributed by atoms with Crippen LogP contribution < -0.4 is 15.5 Å². The molecular weight excluding hydrogens is 634 g/mol. The molecule has 5 rings (SSSR count). The molecule has 1 aromatic carbocycles. The van der Waals surface area contributed by atoms with Crippen molar-refractivity contribution < 1.29 is 31.9 Å². The lowest BCUT2D eigenvalue weighted by atomic mass is 9.88. The molecule has 2 saturated heterocycles. The highest BCUT2D eigenvalue weighted by molar-refractivity contribution is 5.72. The average Bonchev–Trinajstić information content (AvgIpc) is 3.64. The van der Waals surface area contributed by atoms with Gasteiger partial charge in [0, 0.05) is 61.7 Å². The average molecular weight is 678 g/mol. The first-order chi connectivity index (χ1) is 22.7. The fraction of sp³-hybridized carbons (Fsp3) is 0.594. The van der Waals surface area contributed by atoms with Gasteiger partial charge in [-0.1, -0.05) is 12.1 Å². The molecule has 262 valence electrons. The Balaban J connectivity index is 1.32. The Bertz CT molecular complexity index is 1580. The molecule has 48 heavy (non-hydrogen) atoms. The molecule has 0 amide bonds. The van der Waals surface area contributed by atoms with Gasteiger partial charge in [-0.25, -0.2) is 32.5 Å². The highest BCUT2D eigenvalue weighted by atomic mass is 19.3. The van der Waals surface area contributed by atoms with E-state index in [4.69, 9.17) is 15.0 Å². The van der Waals surface area contributed by atoms with Gasteiger partial charge >= 0.3 is 12.4 Å². The van der Waals surface area contributed by atoms with Crippen LogP contribution in [0.15, 0.2) is 34.0 Å². The number of hydrogen-bond acceptors (Lipinski definition) is 11. The van der Waals surface area contributed by atoms with E-state index in [9.17, 15) is 18.3 Å². The summed E-state index contributed by atoms with van der Waals surface area (Å²) in [7, 11) is 0. The predicted molar refractivity (Wildman–Crippen MR) is 171 cm³/mol. The van der Waals surface area contributed by atoms with Crippen LogP contribution in [0.1, 0.15) is 88.5 Å². The molecule has 2 fully saturated rings. The first-order valence-corrected chi connectivity index (χ1v) is 16.0. The number of aromatic nitrogens is 4. The first kappa shape index (κ1) is 35.3. The number of alkyl halides is 2. The summed E-state index contributed by atoms with van der Waals surface area (Å²) in [5, 5.41) is 14.7. The zero-order chi connectivity index (χ0) is 34.9. The number of halogens is 4. The molecule has 4 atom stereocenters. The van der Waals surface area contributed by atoms with E-state index in [-0.39, 0.29) is 30.7 Å². The Hall–Kier alpha value is -4.05. The largest absolute Gasteiger partial charge is 0.460 e. The molecule has 0 bridgehead atoms. The molecular formula is C32H43F4N9O3. The van der Waals surface area contributed by atoms with Gasteiger partial charge in [0.25, 0.3) is 6.02 Å². The maximum atomic E-state index is 15.2. The summed E-state index contributed by atoms with van der Waals surface area (Å²) in [4.78, 5) is 23.2. The fourth-order valence-electron chi connectivity index (χ4n) is 6.55. The van der Waals surface area contributed by atoms with Crippen molar-refractivity contribution in [3.63, 3.8) is 0 Å². The lowest BCUT2D eigenvalue weighted by Crippen LogP contribution is -2.46. The standard InChI is InChI=1S/C32H43F4N9O3/c1-7-44(20-8-10-43(11-9-20)31-41-27(26(35)36)42-48-31)28(46)19-14-38-30(39-15-19)45-16-24(40-29(37)47-32(4,5)6)25(18(45)3)21-12-17(2)22(33)13-23(21)34/h12-15,18,20,24-26,28,46H,7-11,16H2,1-6H3,(H2,37,40). The van der Waals surface area contributed by atoms with Crippen molar-refractivity contribution in [2.24, 2.45) is 10.7 Å². The number of hydrogen-bond donors (Lipinski definition) is 2. The minimum atomic E-state index is -2.81. The van der Waals surface area contributed by atoms with Gasteiger partial charge < -0.3 is 29.9 Å². The summed E-state index contributed by atoms with van der Waals surface area (Å²) in [6.45, 7) is 12.8. The molecule has 3 N–H and O–H groups in total. The van der Waals surface area contributed by atoms with Gasteiger partial charge in [-0.15, -0.1) is 0 Å². The molecule has 12 nitrogen and oxygen atoms in total. The van der Waals surface area contributed by atoms with Crippen molar-refractivity contribution in [1.82, 2.24) is 25.0 Å². The van der Waals surface area contributed by atoms with Gasteiger partial charge in [0.1, 0.15) is 23.5 Å². The topological polar surface area (TPSA) is 142 Å². The second kappa shape index (κ2) is 14.2. The summed E-state index contributed by atoms with van der Waals surface area (Å²) >= 11 is 0. The molecule has 4 unspecified atom stereocenters. The number of aryl methyl sites for hydroxylation is 1. The molecule has 0 spiro atoms. The van der Waals surface area contributed by atoms with Crippen molar-refractivity contribution >= 4 is 18.0 Å². The smallest absolute Gasteiger partial charge is 0.324 e. The number of rotatable bonds is 9. The van der Waals surface area contributed by atoms with Gasteiger partial charge in [0.05, 0.1) is 6.04 Å². The number of nitrogens with zero attached hydrogens (tertiary/aromatic N) is 8. The fourth-order valence-corrected chi connectivity index (χ4v) is 6.55. The molecule has 3 aromatic rings. The number of benzene rings is 1. The maximum absolute atomic E-state index is 15.2. The van der Waals surface area contributed by atoms with Crippen LogP contribution in [0.25, 0.3) is 0 Å². The third-order valence-electron chi connectivity index (χ3n) is 8.87. The number of amidine groups is 1. The molecule has 16 heteroatoms. The zero-order valence-electron chi connectivity index (χ0n) is 27.9. The third kappa shape index (κ3) is 7.64. The number of piperidine rings is 1. The van der Waals surface area contributed by atoms with E-state index >= 15 is 4.39 Å². The number of aliphatic hydroxyl groups excluding tert-OH is 1. The Morgan fingerprint density at radius 1 is 1.17 bits per heavy atom. The summed E-state index contributed by atoms with van der Waals surface area (Å²) in [5.74, 6) is -2.11. The second-order valence-electron chi connectivity index (χ2n) is 13.3. The van der Waals surface area contributed by atoms with E-state index in [1.807, 2.05) is 44.4 Å². The quantitative estimate of drug-likeness (QED) is 0.139. The van der Waals surface area contributed by atoms with Crippen LogP contribution in [-0.2, 0) is 4.74 Å². The lowest BCUT2D eigenvalue weighted by Gasteiger charge is -2.39. The molecule has 2 aliphatic rings. The van der Waals surface area contributed by atoms with Crippen LogP contribution in [0.3, 0.4) is 0 Å². The Morgan fingerprint density at radius 3 is 2.42 bits per heavy atom. The van der Waals surface area contributed by atoms with Crippen LogP contribution >= 0.6 is 0 Å². The highest BCUT2D eigenvalue weighted by Gasteiger charge is 2.43. The van der Waals surface area contributed by atoms with Gasteiger partial charge in [-0.05, 0) is 71.2 Å². The SMILES string of the molecule is CCN(C1CCN(c2nc(C(F)F)no2)CC1)C(O)c1cnc(N2CC(N=C(N)OC(C)(C)C)C(c3cc(C)c(F)cc3F)C2C)nc1. The van der Waals surface area contributed by atoms with Gasteiger partial charge in [-0.3, -0.25) is 4.90 Å². The van der Waals surface area contributed by atoms with E-state index in [1.165, 1.54) is 6.07 Å². The monoisotopic (exact) mass is 677 g/mol. The van der Waals surface area contributed by atoms with E-state index in [0.717, 1.165) is 6.07 Å². The van der Waals surface area contributed by atoms with Crippen molar-refractivity contribution in [1.29, 1.82) is 0 Å². The number of anilines is 2. The van der Waals surface area contributed by atoms with Crippen LogP contribution in [0.2, 0.25) is 0 Å². The highest BCUT2D eigenvalue weighted by Crippen LogP contribution is 2.39. The normalized spacial score (nSPS) is 21.9. The predicted octanol–water partition coefficient (Wildman–Crippen LogP) is 4.86. The number of nitrogens with two attached hydrogens (primary N) is 1. The molecule has 2 aromatic heterocycles. The van der Waals surface area contributed by atoms with E-state index in [0.29, 0.717) is 55.1 Å². The molecule has 4 heterocycles. The van der Waals surface area contributed by atoms with Gasteiger partial charge in [-0.2, -0.15) is 4.98 Å². The summed E-state index contributed by atoms with van der Waals surface area (Å²) in [6, 6.07) is 1.50. The summed E-state index contributed by atoms with van der Waals surface area (Å²) in [5.41, 5.74) is 6.68. The lowest BCUT2D eigenvalue weighted by molar-refractivity contribution is -0.0308. The Morgan fingerprint density at radius 2 is 1.83 bits per heavy atom. The van der Waals surface area contributed by atoms with Gasteiger partial charge in [0.2, 0.25) is 11.8 Å². The molecule has 0 radical (unpaired) electrons. The van der Waals surface area contributed by atoms with Crippen molar-refractivity contribution in [2.45, 2.75) is 96.7 Å². The van der Waals surface area contributed by atoms with Crippen molar-refractivity contribution in [2.75, 3.05) is 36.0 Å². The maximum Gasteiger partial charge on any atom is 0.324 e. The zero-order valence-corrected chi connectivity index (χ0v) is 27.9. The number of ether oxygens (including phenoxy) is 1.